The molecule has 0 radical (unpaired) electrons. The Kier molecular flexibility index (Phi) is 3.39. The quantitative estimate of drug-likeness (QED) is 0.784. The van der Waals surface area contributed by atoms with Crippen LogP contribution < -0.4 is 9.64 Å². The fourth-order valence-corrected chi connectivity index (χ4v) is 2.27. The molecule has 1 aliphatic heterocycles. The molecule has 1 amide bonds. The average Bonchev–Trinajstić information content (AvgIpc) is 2.70. The van der Waals surface area contributed by atoms with Gasteiger partial charge in [0.15, 0.2) is 0 Å². The molecule has 0 spiro atoms. The number of anilines is 1. The van der Waals surface area contributed by atoms with E-state index >= 15 is 0 Å². The third-order valence-corrected chi connectivity index (χ3v) is 3.29. The lowest BCUT2D eigenvalue weighted by Gasteiger charge is -2.19. The van der Waals surface area contributed by atoms with Gasteiger partial charge < -0.3 is 9.64 Å². The molecule has 1 aromatic rings. The summed E-state index contributed by atoms with van der Waals surface area (Å²) in [5, 5.41) is 0. The highest BCUT2D eigenvalue weighted by atomic mass is 79.9. The number of amides is 1. The van der Waals surface area contributed by atoms with Gasteiger partial charge in [0, 0.05) is 23.4 Å². The molecule has 4 heteroatoms. The maximum Gasteiger partial charge on any atom is 0.228 e. The van der Waals surface area contributed by atoms with Gasteiger partial charge in [-0.1, -0.05) is 15.9 Å². The number of nitrogens with zero attached hydrogens (tertiary/aromatic N) is 1. The number of benzene rings is 1. The van der Waals surface area contributed by atoms with Crippen LogP contribution >= 0.6 is 15.9 Å². The maximum atomic E-state index is 11.9. The Morgan fingerprint density at radius 3 is 2.94 bits per heavy atom. The number of hydrogen-bond donors (Lipinski definition) is 0. The van der Waals surface area contributed by atoms with Crippen molar-refractivity contribution in [2.45, 2.75) is 6.42 Å². The number of methoxy groups -OCH3 is 1. The summed E-state index contributed by atoms with van der Waals surface area (Å²) in [7, 11) is 1.59. The Labute approximate surface area is 109 Å². The third kappa shape index (κ3) is 2.29. The van der Waals surface area contributed by atoms with Crippen molar-refractivity contribution in [1.29, 1.82) is 0 Å². The van der Waals surface area contributed by atoms with Crippen molar-refractivity contribution < 1.29 is 9.53 Å². The van der Waals surface area contributed by atoms with E-state index in [-0.39, 0.29) is 11.8 Å². The molecular formula is C13H12BrNO2. The predicted octanol–water partition coefficient (Wildman–Crippen LogP) is 2.44. The predicted molar refractivity (Wildman–Crippen MR) is 70.0 cm³/mol. The van der Waals surface area contributed by atoms with Gasteiger partial charge in [-0.3, -0.25) is 4.79 Å². The van der Waals surface area contributed by atoms with E-state index in [2.05, 4.69) is 21.9 Å². The number of hydrogen-bond acceptors (Lipinski definition) is 2. The maximum absolute atomic E-state index is 11.9. The van der Waals surface area contributed by atoms with Crippen LogP contribution in [0.5, 0.6) is 5.75 Å². The number of ether oxygens (including phenoxy) is 1. The van der Waals surface area contributed by atoms with E-state index in [0.717, 1.165) is 10.2 Å². The number of halogens is 1. The van der Waals surface area contributed by atoms with Crippen molar-refractivity contribution in [3.63, 3.8) is 0 Å². The second-order valence-corrected chi connectivity index (χ2v) is 4.80. The number of carbonyl (C=O) groups excluding carboxylic acids is 1. The highest BCUT2D eigenvalue weighted by Gasteiger charge is 2.30. The summed E-state index contributed by atoms with van der Waals surface area (Å²) in [5.74, 6) is 3.35. The van der Waals surface area contributed by atoms with Gasteiger partial charge in [-0.05, 0) is 18.2 Å². The SMILES string of the molecule is C#CC1CC(=O)N(c2ccc(Br)cc2OC)C1. The molecule has 2 rings (SSSR count). The summed E-state index contributed by atoms with van der Waals surface area (Å²) in [4.78, 5) is 13.6. The molecule has 1 unspecified atom stereocenters. The first-order valence-electron chi connectivity index (χ1n) is 5.25. The van der Waals surface area contributed by atoms with E-state index < -0.39 is 0 Å². The summed E-state index contributed by atoms with van der Waals surface area (Å²) in [6.45, 7) is 0.563. The van der Waals surface area contributed by atoms with Gasteiger partial charge in [0.25, 0.3) is 0 Å². The Balaban J connectivity index is 2.35. The fourth-order valence-electron chi connectivity index (χ4n) is 1.93. The molecule has 1 saturated heterocycles. The lowest BCUT2D eigenvalue weighted by molar-refractivity contribution is -0.117. The van der Waals surface area contributed by atoms with Crippen molar-refractivity contribution in [1.82, 2.24) is 0 Å². The molecule has 0 bridgehead atoms. The van der Waals surface area contributed by atoms with Crippen LogP contribution in [0.4, 0.5) is 5.69 Å². The van der Waals surface area contributed by atoms with Crippen LogP contribution in [0.25, 0.3) is 0 Å². The Bertz CT molecular complexity index is 493. The van der Waals surface area contributed by atoms with Crippen molar-refractivity contribution in [3.05, 3.63) is 22.7 Å². The van der Waals surface area contributed by atoms with Crippen LogP contribution in [0.15, 0.2) is 22.7 Å². The van der Waals surface area contributed by atoms with Gasteiger partial charge in [-0.15, -0.1) is 12.3 Å². The van der Waals surface area contributed by atoms with Gasteiger partial charge in [0.05, 0.1) is 12.8 Å². The molecule has 0 aliphatic carbocycles. The standard InChI is InChI=1S/C13H12BrNO2/c1-3-9-6-13(16)15(8-9)11-5-4-10(14)7-12(11)17-2/h1,4-5,7,9H,6,8H2,2H3. The number of carbonyl (C=O) groups is 1. The fraction of sp³-hybridized carbons (Fsp3) is 0.308. The van der Waals surface area contributed by atoms with E-state index in [9.17, 15) is 4.79 Å². The van der Waals surface area contributed by atoms with Crippen LogP contribution in [-0.4, -0.2) is 19.6 Å². The van der Waals surface area contributed by atoms with E-state index in [0.29, 0.717) is 18.7 Å². The minimum atomic E-state index is -0.00384. The summed E-state index contributed by atoms with van der Waals surface area (Å²) in [6, 6.07) is 5.58. The first-order valence-corrected chi connectivity index (χ1v) is 6.05. The minimum Gasteiger partial charge on any atom is -0.495 e. The number of terminal acetylenes is 1. The first kappa shape index (κ1) is 12.0. The second-order valence-electron chi connectivity index (χ2n) is 3.89. The second kappa shape index (κ2) is 4.80. The molecule has 0 saturated carbocycles. The first-order chi connectivity index (χ1) is 8.15. The minimum absolute atomic E-state index is 0.00384. The summed E-state index contributed by atoms with van der Waals surface area (Å²) in [5.41, 5.74) is 0.776. The van der Waals surface area contributed by atoms with E-state index in [1.54, 1.807) is 12.0 Å². The van der Waals surface area contributed by atoms with E-state index in [1.165, 1.54) is 0 Å². The largest absolute Gasteiger partial charge is 0.495 e. The average molecular weight is 294 g/mol. The van der Waals surface area contributed by atoms with Crippen molar-refractivity contribution in [2.75, 3.05) is 18.6 Å². The highest BCUT2D eigenvalue weighted by Crippen LogP contribution is 2.34. The Morgan fingerprint density at radius 1 is 1.59 bits per heavy atom. The van der Waals surface area contributed by atoms with E-state index in [1.807, 2.05) is 18.2 Å². The van der Waals surface area contributed by atoms with Crippen LogP contribution in [0.3, 0.4) is 0 Å². The Morgan fingerprint density at radius 2 is 2.35 bits per heavy atom. The molecule has 1 atom stereocenters. The molecule has 1 fully saturated rings. The van der Waals surface area contributed by atoms with Gasteiger partial charge >= 0.3 is 0 Å². The molecule has 0 N–H and O–H groups in total. The smallest absolute Gasteiger partial charge is 0.228 e. The van der Waals surface area contributed by atoms with Crippen LogP contribution in [0.1, 0.15) is 6.42 Å². The molecule has 1 heterocycles. The van der Waals surface area contributed by atoms with Gasteiger partial charge in [0.2, 0.25) is 5.91 Å². The third-order valence-electron chi connectivity index (χ3n) is 2.79. The summed E-state index contributed by atoms with van der Waals surface area (Å²) < 4.78 is 6.20. The highest BCUT2D eigenvalue weighted by molar-refractivity contribution is 9.10. The molecule has 0 aromatic heterocycles. The molecule has 1 aromatic carbocycles. The molecule has 3 nitrogen and oxygen atoms in total. The van der Waals surface area contributed by atoms with Crippen LogP contribution in [0, 0.1) is 18.3 Å². The van der Waals surface area contributed by atoms with Crippen molar-refractivity contribution in [3.8, 4) is 18.1 Å². The normalized spacial score (nSPS) is 19.2. The molecule has 88 valence electrons. The summed E-state index contributed by atoms with van der Waals surface area (Å²) >= 11 is 3.37. The van der Waals surface area contributed by atoms with Gasteiger partial charge in [0.1, 0.15) is 5.75 Å². The van der Waals surface area contributed by atoms with Crippen LogP contribution in [0.2, 0.25) is 0 Å². The van der Waals surface area contributed by atoms with Crippen molar-refractivity contribution in [2.24, 2.45) is 5.92 Å². The molecule has 17 heavy (non-hydrogen) atoms. The zero-order valence-corrected chi connectivity index (χ0v) is 11.0. The lowest BCUT2D eigenvalue weighted by Crippen LogP contribution is -2.24. The molecular weight excluding hydrogens is 282 g/mol. The topological polar surface area (TPSA) is 29.5 Å². The summed E-state index contributed by atoms with van der Waals surface area (Å²) in [6.07, 6.45) is 5.78. The van der Waals surface area contributed by atoms with Crippen LogP contribution in [-0.2, 0) is 4.79 Å². The van der Waals surface area contributed by atoms with Crippen molar-refractivity contribution >= 4 is 27.5 Å². The van der Waals surface area contributed by atoms with Gasteiger partial charge in [-0.2, -0.15) is 0 Å². The molecule has 1 aliphatic rings. The zero-order valence-electron chi connectivity index (χ0n) is 9.44. The lowest BCUT2D eigenvalue weighted by atomic mass is 10.1. The van der Waals surface area contributed by atoms with Gasteiger partial charge in [-0.25, -0.2) is 0 Å². The Hall–Kier alpha value is -1.47. The number of rotatable bonds is 2. The van der Waals surface area contributed by atoms with E-state index in [4.69, 9.17) is 11.2 Å². The monoisotopic (exact) mass is 293 g/mol. The zero-order chi connectivity index (χ0) is 12.4.